The molecule has 1 aromatic rings. The van der Waals surface area contributed by atoms with E-state index in [1.807, 2.05) is 47.6 Å². The van der Waals surface area contributed by atoms with Crippen LogP contribution in [-0.4, -0.2) is 34.7 Å². The van der Waals surface area contributed by atoms with E-state index in [2.05, 4.69) is 13.8 Å². The van der Waals surface area contributed by atoms with Crippen LogP contribution in [-0.2, 0) is 25.6 Å². The van der Waals surface area contributed by atoms with E-state index in [1.165, 1.54) is 13.3 Å². The van der Waals surface area contributed by atoms with E-state index in [-0.39, 0.29) is 71.7 Å². The van der Waals surface area contributed by atoms with Crippen LogP contribution in [0.5, 0.6) is 0 Å². The number of Topliss-reactive ketones (excluding diaryl/α,β-unsaturated/α-hetero) is 6. The monoisotopic (exact) mass is 584 g/mol. The van der Waals surface area contributed by atoms with Gasteiger partial charge in [0.2, 0.25) is 0 Å². The molecule has 0 aliphatic heterocycles. The van der Waals surface area contributed by atoms with Crippen molar-refractivity contribution in [2.75, 3.05) is 0 Å². The summed E-state index contributed by atoms with van der Waals surface area (Å²) >= 11 is 0. The van der Waals surface area contributed by atoms with Gasteiger partial charge in [-0.3, -0.25) is 24.0 Å². The number of ketones is 6. The van der Waals surface area contributed by atoms with Crippen LogP contribution in [0.15, 0.2) is 12.1 Å². The van der Waals surface area contributed by atoms with Gasteiger partial charge in [-0.2, -0.15) is 0 Å². The van der Waals surface area contributed by atoms with Crippen LogP contribution in [0.3, 0.4) is 0 Å². The van der Waals surface area contributed by atoms with Crippen molar-refractivity contribution in [2.24, 2.45) is 23.7 Å². The highest BCUT2D eigenvalue weighted by molar-refractivity contribution is 6.16. The van der Waals surface area contributed by atoms with Gasteiger partial charge in [0, 0.05) is 48.6 Å². The van der Waals surface area contributed by atoms with E-state index in [9.17, 15) is 28.8 Å². The maximum Gasteiger partial charge on any atom is 0.167 e. The van der Waals surface area contributed by atoms with E-state index in [0.717, 1.165) is 24.0 Å². The number of fused-ring (bicyclic) bond motifs is 1. The fraction of sp³-hybridized carbons (Fsp3) is 0.667. The molecule has 6 nitrogen and oxygen atoms in total. The Morgan fingerprint density at radius 3 is 1.95 bits per heavy atom. The molecule has 0 amide bonds. The molecule has 0 N–H and O–H groups in total. The minimum absolute atomic E-state index is 0.0285. The van der Waals surface area contributed by atoms with Gasteiger partial charge in [-0.25, -0.2) is 0 Å². The van der Waals surface area contributed by atoms with Gasteiger partial charge in [-0.1, -0.05) is 73.4 Å². The molecule has 1 aliphatic carbocycles. The Balaban J connectivity index is 0.00000186. The summed E-state index contributed by atoms with van der Waals surface area (Å²) in [6, 6.07) is 3.52. The van der Waals surface area contributed by atoms with Gasteiger partial charge in [0.15, 0.2) is 11.6 Å². The molecule has 0 aromatic heterocycles. The van der Waals surface area contributed by atoms with Gasteiger partial charge in [-0.05, 0) is 63.0 Å². The Morgan fingerprint density at radius 1 is 0.929 bits per heavy atom. The largest absolute Gasteiger partial charge is 0.300 e. The van der Waals surface area contributed by atoms with Crippen molar-refractivity contribution in [3.63, 3.8) is 0 Å². The molecule has 3 unspecified atom stereocenters. The van der Waals surface area contributed by atoms with Crippen LogP contribution < -0.4 is 0 Å². The predicted molar refractivity (Wildman–Crippen MR) is 170 cm³/mol. The highest BCUT2D eigenvalue weighted by Crippen LogP contribution is 2.37. The SMILES string of the molecule is CCC.CCC(C)=O.CCCC(CC1CC(=O)c2c(ccc(CC(=O)CC(C)C)c2C)C1=O)C(CC)C(=O)CC(C)=O. The summed E-state index contributed by atoms with van der Waals surface area (Å²) in [5, 5.41) is 0. The molecule has 236 valence electrons. The molecule has 0 heterocycles. The average molecular weight is 585 g/mol. The van der Waals surface area contributed by atoms with Crippen molar-refractivity contribution in [1.82, 2.24) is 0 Å². The van der Waals surface area contributed by atoms with Crippen LogP contribution in [0.25, 0.3) is 0 Å². The Labute approximate surface area is 254 Å². The number of hydrogen-bond donors (Lipinski definition) is 0. The highest BCUT2D eigenvalue weighted by atomic mass is 16.2. The van der Waals surface area contributed by atoms with Gasteiger partial charge >= 0.3 is 0 Å². The first kappa shape index (κ1) is 39.2. The zero-order valence-corrected chi connectivity index (χ0v) is 28.0. The molecule has 0 saturated carbocycles. The minimum atomic E-state index is -0.455. The summed E-state index contributed by atoms with van der Waals surface area (Å²) in [6.07, 6.45) is 5.49. The number of carbonyl (C=O) groups is 6. The van der Waals surface area contributed by atoms with Crippen molar-refractivity contribution < 1.29 is 28.8 Å². The average Bonchev–Trinajstić information content (AvgIpc) is 2.88. The standard InChI is InChI=1S/C29H40O5.C4H8O.C3H8/c1-7-9-21(24(8-2)26(32)13-18(5)30)14-22-16-27(33)28-19(6)20(10-11-25(28)29(22)34)15-23(31)12-17(3)4;1-3-4(2)5;1-3-2/h10-11,17,21-22,24H,7-9,12-16H2,1-6H3;3H2,1-2H3;3H2,1-2H3. The van der Waals surface area contributed by atoms with Crippen LogP contribution in [0.4, 0.5) is 0 Å². The summed E-state index contributed by atoms with van der Waals surface area (Å²) < 4.78 is 0. The van der Waals surface area contributed by atoms with Crippen molar-refractivity contribution >= 4 is 34.7 Å². The summed E-state index contributed by atoms with van der Waals surface area (Å²) in [7, 11) is 0. The molecular weight excluding hydrogens is 528 g/mol. The molecule has 0 fully saturated rings. The van der Waals surface area contributed by atoms with Crippen molar-refractivity contribution in [2.45, 2.75) is 133 Å². The Hall–Kier alpha value is -2.76. The molecule has 42 heavy (non-hydrogen) atoms. The molecule has 1 aromatic carbocycles. The molecule has 6 heteroatoms. The number of carbonyl (C=O) groups excluding carboxylic acids is 6. The fourth-order valence-electron chi connectivity index (χ4n) is 5.50. The smallest absolute Gasteiger partial charge is 0.167 e. The summed E-state index contributed by atoms with van der Waals surface area (Å²) in [5.41, 5.74) is 2.45. The number of rotatable bonds is 14. The third kappa shape index (κ3) is 13.0. The van der Waals surface area contributed by atoms with E-state index in [1.54, 1.807) is 13.0 Å². The van der Waals surface area contributed by atoms with Crippen LogP contribution in [0.1, 0.15) is 152 Å². The quantitative estimate of drug-likeness (QED) is 0.204. The first-order valence-corrected chi connectivity index (χ1v) is 15.9. The van der Waals surface area contributed by atoms with Gasteiger partial charge in [0.1, 0.15) is 23.1 Å². The lowest BCUT2D eigenvalue weighted by Gasteiger charge is -2.31. The molecular formula is C36H56O6. The minimum Gasteiger partial charge on any atom is -0.300 e. The molecule has 2 rings (SSSR count). The van der Waals surface area contributed by atoms with E-state index in [0.29, 0.717) is 36.8 Å². The lowest BCUT2D eigenvalue weighted by Crippen LogP contribution is -2.33. The topological polar surface area (TPSA) is 102 Å². The van der Waals surface area contributed by atoms with Crippen LogP contribution >= 0.6 is 0 Å². The number of hydrogen-bond acceptors (Lipinski definition) is 6. The molecule has 0 spiro atoms. The van der Waals surface area contributed by atoms with Crippen LogP contribution in [0, 0.1) is 30.6 Å². The Bertz CT molecular complexity index is 1080. The van der Waals surface area contributed by atoms with Crippen molar-refractivity contribution in [3.05, 3.63) is 34.4 Å². The normalized spacial score (nSPS) is 15.5. The zero-order valence-electron chi connectivity index (χ0n) is 28.0. The first-order chi connectivity index (χ1) is 19.7. The van der Waals surface area contributed by atoms with E-state index < -0.39 is 5.92 Å². The van der Waals surface area contributed by atoms with E-state index in [4.69, 9.17) is 0 Å². The van der Waals surface area contributed by atoms with Gasteiger partial charge in [0.05, 0.1) is 6.42 Å². The highest BCUT2D eigenvalue weighted by Gasteiger charge is 2.37. The third-order valence-electron chi connectivity index (χ3n) is 7.54. The zero-order chi connectivity index (χ0) is 32.6. The Morgan fingerprint density at radius 2 is 1.50 bits per heavy atom. The second-order valence-corrected chi connectivity index (χ2v) is 12.2. The number of benzene rings is 1. The molecule has 0 saturated heterocycles. The van der Waals surface area contributed by atoms with E-state index >= 15 is 0 Å². The molecule has 0 radical (unpaired) electrons. The van der Waals surface area contributed by atoms with Gasteiger partial charge in [-0.15, -0.1) is 0 Å². The maximum absolute atomic E-state index is 13.4. The fourth-order valence-corrected chi connectivity index (χ4v) is 5.50. The summed E-state index contributed by atoms with van der Waals surface area (Å²) in [5.74, 6) is -0.406. The summed E-state index contributed by atoms with van der Waals surface area (Å²) in [6.45, 7) is 18.9. The summed E-state index contributed by atoms with van der Waals surface area (Å²) in [4.78, 5) is 73.0. The van der Waals surface area contributed by atoms with Gasteiger partial charge in [0.25, 0.3) is 0 Å². The second-order valence-electron chi connectivity index (χ2n) is 12.2. The molecule has 0 bridgehead atoms. The molecule has 3 atom stereocenters. The second kappa shape index (κ2) is 20.2. The lowest BCUT2D eigenvalue weighted by molar-refractivity contribution is -0.130. The van der Waals surface area contributed by atoms with Gasteiger partial charge < -0.3 is 4.79 Å². The van der Waals surface area contributed by atoms with Crippen LogP contribution in [0.2, 0.25) is 0 Å². The lowest BCUT2D eigenvalue weighted by atomic mass is 9.71. The maximum atomic E-state index is 13.4. The van der Waals surface area contributed by atoms with Crippen molar-refractivity contribution in [3.8, 4) is 0 Å². The predicted octanol–water partition coefficient (Wildman–Crippen LogP) is 8.32. The third-order valence-corrected chi connectivity index (χ3v) is 7.54. The first-order valence-electron chi connectivity index (χ1n) is 15.9. The van der Waals surface area contributed by atoms with Crippen molar-refractivity contribution in [1.29, 1.82) is 0 Å². The Kier molecular flexibility index (Phi) is 18.9. The molecule has 1 aliphatic rings.